The smallest absolute Gasteiger partial charge is 0.341 e. The number of fused-ring (bicyclic) bond motifs is 1. The van der Waals surface area contributed by atoms with Crippen LogP contribution in [0.4, 0.5) is 5.00 Å². The third kappa shape index (κ3) is 5.52. The Bertz CT molecular complexity index is 714. The Labute approximate surface area is 164 Å². The van der Waals surface area contributed by atoms with Crippen LogP contribution in [-0.4, -0.2) is 63.5 Å². The Hall–Kier alpha value is -1.93. The van der Waals surface area contributed by atoms with Gasteiger partial charge in [-0.1, -0.05) is 6.92 Å². The Morgan fingerprint density at radius 1 is 1.30 bits per heavy atom. The van der Waals surface area contributed by atoms with Gasteiger partial charge in [0.25, 0.3) is 11.8 Å². The van der Waals surface area contributed by atoms with E-state index in [1.54, 1.807) is 28.1 Å². The van der Waals surface area contributed by atoms with E-state index >= 15 is 0 Å². The van der Waals surface area contributed by atoms with Crippen molar-refractivity contribution in [2.24, 2.45) is 5.92 Å². The quantitative estimate of drug-likeness (QED) is 0.661. The van der Waals surface area contributed by atoms with Gasteiger partial charge in [-0.15, -0.1) is 11.3 Å². The van der Waals surface area contributed by atoms with Crippen molar-refractivity contribution in [1.29, 1.82) is 0 Å². The number of rotatable bonds is 7. The SMILES string of the molecule is CCOC(=O)c1c(NC(=O)C[NH+](C)CC(=O)N(C)C)sc2c1CC[C@@H](C)C2. The number of esters is 1. The molecule has 1 aromatic rings. The summed E-state index contributed by atoms with van der Waals surface area (Å²) < 4.78 is 5.22. The first kappa shape index (κ1) is 21.4. The Kier molecular flexibility index (Phi) is 7.38. The average Bonchev–Trinajstić information content (AvgIpc) is 2.91. The molecule has 150 valence electrons. The van der Waals surface area contributed by atoms with Crippen molar-refractivity contribution in [3.05, 3.63) is 16.0 Å². The van der Waals surface area contributed by atoms with Crippen LogP contribution in [0.15, 0.2) is 0 Å². The first-order chi connectivity index (χ1) is 12.7. The lowest BCUT2D eigenvalue weighted by molar-refractivity contribution is -0.862. The summed E-state index contributed by atoms with van der Waals surface area (Å²) in [6, 6.07) is 0. The summed E-state index contributed by atoms with van der Waals surface area (Å²) in [7, 11) is 5.19. The molecule has 0 saturated carbocycles. The van der Waals surface area contributed by atoms with Gasteiger partial charge in [0.05, 0.1) is 19.2 Å². The number of thiophene rings is 1. The van der Waals surface area contributed by atoms with E-state index < -0.39 is 0 Å². The Balaban J connectivity index is 2.14. The normalized spacial score (nSPS) is 17.0. The number of anilines is 1. The second-order valence-corrected chi connectivity index (χ2v) is 8.53. The van der Waals surface area contributed by atoms with Crippen LogP contribution in [0, 0.1) is 5.92 Å². The maximum absolute atomic E-state index is 12.5. The Morgan fingerprint density at radius 3 is 2.63 bits per heavy atom. The minimum absolute atomic E-state index is 0.0342. The minimum atomic E-state index is -0.372. The maximum atomic E-state index is 12.5. The lowest BCUT2D eigenvalue weighted by atomic mass is 9.88. The Morgan fingerprint density at radius 2 is 2.00 bits per heavy atom. The van der Waals surface area contributed by atoms with E-state index in [9.17, 15) is 14.4 Å². The maximum Gasteiger partial charge on any atom is 0.341 e. The summed E-state index contributed by atoms with van der Waals surface area (Å²) in [6.45, 7) is 4.67. The fraction of sp³-hybridized carbons (Fsp3) is 0.632. The van der Waals surface area contributed by atoms with Crippen LogP contribution in [0.25, 0.3) is 0 Å². The van der Waals surface area contributed by atoms with E-state index in [1.807, 2.05) is 0 Å². The number of quaternary nitrogens is 1. The number of likely N-dealkylation sites (N-methyl/N-ethyl adjacent to an activating group) is 2. The molecule has 0 fully saturated rings. The van der Waals surface area contributed by atoms with Crippen LogP contribution in [0.5, 0.6) is 0 Å². The summed E-state index contributed by atoms with van der Waals surface area (Å²) >= 11 is 1.48. The standard InChI is InChI=1S/C19H29N3O4S/c1-6-26-19(25)17-13-8-7-12(2)9-14(13)27-18(17)20-15(23)10-22(5)11-16(24)21(3)4/h12H,6-11H2,1-5H3,(H,20,23)/p+1/t12-/m1/s1. The van der Waals surface area contributed by atoms with Gasteiger partial charge in [0, 0.05) is 19.0 Å². The molecule has 0 aliphatic heterocycles. The molecule has 0 aromatic carbocycles. The first-order valence-corrected chi connectivity index (χ1v) is 10.2. The third-order valence-electron chi connectivity index (χ3n) is 4.66. The number of carbonyl (C=O) groups excluding carboxylic acids is 3. The zero-order valence-electron chi connectivity index (χ0n) is 16.8. The molecule has 2 rings (SSSR count). The summed E-state index contributed by atoms with van der Waals surface area (Å²) in [5, 5.41) is 3.46. The van der Waals surface area contributed by atoms with Crippen LogP contribution in [-0.2, 0) is 27.2 Å². The number of hydrogen-bond acceptors (Lipinski definition) is 5. The lowest BCUT2D eigenvalue weighted by Gasteiger charge is -2.18. The number of amides is 2. The van der Waals surface area contributed by atoms with E-state index in [0.29, 0.717) is 23.1 Å². The van der Waals surface area contributed by atoms with E-state index in [1.165, 1.54) is 16.2 Å². The van der Waals surface area contributed by atoms with Gasteiger partial charge in [0.15, 0.2) is 13.1 Å². The summed E-state index contributed by atoms with van der Waals surface area (Å²) in [5.41, 5.74) is 1.54. The third-order valence-corrected chi connectivity index (χ3v) is 5.83. The van der Waals surface area contributed by atoms with Gasteiger partial charge in [-0.25, -0.2) is 4.79 Å². The highest BCUT2D eigenvalue weighted by molar-refractivity contribution is 7.17. The molecule has 27 heavy (non-hydrogen) atoms. The molecular weight excluding hydrogens is 366 g/mol. The summed E-state index contributed by atoms with van der Waals surface area (Å²) in [4.78, 5) is 40.2. The van der Waals surface area contributed by atoms with Crippen LogP contribution >= 0.6 is 11.3 Å². The molecule has 2 atom stereocenters. The van der Waals surface area contributed by atoms with Crippen molar-refractivity contribution in [1.82, 2.24) is 4.90 Å². The number of nitrogens with zero attached hydrogens (tertiary/aromatic N) is 1. The van der Waals surface area contributed by atoms with Crippen LogP contribution in [0.1, 0.15) is 41.1 Å². The van der Waals surface area contributed by atoms with E-state index in [0.717, 1.165) is 34.6 Å². The topological polar surface area (TPSA) is 80.1 Å². The van der Waals surface area contributed by atoms with Gasteiger partial charge in [0.1, 0.15) is 5.00 Å². The van der Waals surface area contributed by atoms with Gasteiger partial charge in [-0.05, 0) is 37.7 Å². The molecule has 0 radical (unpaired) electrons. The van der Waals surface area contributed by atoms with Crippen molar-refractivity contribution < 1.29 is 24.0 Å². The van der Waals surface area contributed by atoms with Crippen LogP contribution < -0.4 is 10.2 Å². The zero-order valence-corrected chi connectivity index (χ0v) is 17.6. The predicted molar refractivity (Wildman–Crippen MR) is 105 cm³/mol. The molecule has 1 aliphatic rings. The molecule has 8 heteroatoms. The van der Waals surface area contributed by atoms with Crippen molar-refractivity contribution in [2.45, 2.75) is 33.1 Å². The number of ether oxygens (including phenoxy) is 1. The fourth-order valence-corrected chi connectivity index (χ4v) is 4.60. The average molecular weight is 397 g/mol. The summed E-state index contributed by atoms with van der Waals surface area (Å²) in [6.07, 6.45) is 2.79. The van der Waals surface area contributed by atoms with Gasteiger partial charge < -0.3 is 19.9 Å². The highest BCUT2D eigenvalue weighted by atomic mass is 32.1. The highest BCUT2D eigenvalue weighted by Gasteiger charge is 2.29. The second-order valence-electron chi connectivity index (χ2n) is 7.42. The van der Waals surface area contributed by atoms with E-state index in [4.69, 9.17) is 4.74 Å². The molecule has 2 amide bonds. The van der Waals surface area contributed by atoms with Crippen LogP contribution in [0.2, 0.25) is 0 Å². The van der Waals surface area contributed by atoms with Gasteiger partial charge in [-0.3, -0.25) is 9.59 Å². The van der Waals surface area contributed by atoms with Crippen molar-refractivity contribution in [3.63, 3.8) is 0 Å². The predicted octanol–water partition coefficient (Wildman–Crippen LogP) is 0.591. The van der Waals surface area contributed by atoms with Crippen molar-refractivity contribution in [2.75, 3.05) is 46.2 Å². The minimum Gasteiger partial charge on any atom is -0.462 e. The lowest BCUT2D eigenvalue weighted by Crippen LogP contribution is -3.11. The number of carbonyl (C=O) groups is 3. The molecule has 0 spiro atoms. The first-order valence-electron chi connectivity index (χ1n) is 9.35. The number of nitrogens with one attached hydrogen (secondary N) is 2. The molecule has 0 bridgehead atoms. The molecule has 2 N–H and O–H groups in total. The van der Waals surface area contributed by atoms with E-state index in [-0.39, 0.29) is 30.9 Å². The molecule has 7 nitrogen and oxygen atoms in total. The van der Waals surface area contributed by atoms with Crippen molar-refractivity contribution in [3.8, 4) is 0 Å². The summed E-state index contributed by atoms with van der Waals surface area (Å²) in [5.74, 6) is -0.0463. The fourth-order valence-electron chi connectivity index (χ4n) is 3.18. The molecule has 0 saturated heterocycles. The highest BCUT2D eigenvalue weighted by Crippen LogP contribution is 2.40. The molecule has 1 aromatic heterocycles. The van der Waals surface area contributed by atoms with Crippen molar-refractivity contribution >= 4 is 34.1 Å². The molecular formula is C19H30N3O4S+. The second kappa shape index (κ2) is 9.32. The monoisotopic (exact) mass is 396 g/mol. The molecule has 1 unspecified atom stereocenters. The van der Waals surface area contributed by atoms with Crippen LogP contribution in [0.3, 0.4) is 0 Å². The zero-order chi connectivity index (χ0) is 20.1. The van der Waals surface area contributed by atoms with E-state index in [2.05, 4.69) is 12.2 Å². The van der Waals surface area contributed by atoms with Gasteiger partial charge >= 0.3 is 5.97 Å². The van der Waals surface area contributed by atoms with Gasteiger partial charge in [0.2, 0.25) is 0 Å². The molecule has 1 heterocycles. The largest absolute Gasteiger partial charge is 0.462 e. The molecule has 1 aliphatic carbocycles. The van der Waals surface area contributed by atoms with Gasteiger partial charge in [-0.2, -0.15) is 0 Å². The number of hydrogen-bond donors (Lipinski definition) is 2.